The molecule has 1 aromatic rings. The largest absolute Gasteiger partial charge is 0.403 e. The maximum atomic E-state index is 5.92. The van der Waals surface area contributed by atoms with Gasteiger partial charge in [0.05, 0.1) is 10.7 Å². The van der Waals surface area contributed by atoms with Crippen molar-refractivity contribution in [3.05, 3.63) is 37.1 Å². The molecule has 0 radical (unpaired) electrons. The van der Waals surface area contributed by atoms with E-state index in [0.717, 1.165) is 5.03 Å². The highest BCUT2D eigenvalue weighted by atomic mass is 35.5. The predicted molar refractivity (Wildman–Crippen MR) is 69.5 cm³/mol. The Labute approximate surface area is 103 Å². The second-order valence-electron chi connectivity index (χ2n) is 2.69. The summed E-state index contributed by atoms with van der Waals surface area (Å²) in [4.78, 5) is 12.0. The van der Waals surface area contributed by atoms with Crippen molar-refractivity contribution in [1.82, 2.24) is 9.97 Å². The highest BCUT2D eigenvalue weighted by molar-refractivity contribution is 7.98. The van der Waals surface area contributed by atoms with Gasteiger partial charge in [-0.2, -0.15) is 0 Å². The van der Waals surface area contributed by atoms with E-state index in [1.54, 1.807) is 6.07 Å². The molecule has 0 atom stereocenters. The van der Waals surface area contributed by atoms with Crippen LogP contribution in [0.3, 0.4) is 0 Å². The molecule has 0 spiro atoms. The highest BCUT2D eigenvalue weighted by Crippen LogP contribution is 2.18. The van der Waals surface area contributed by atoms with Gasteiger partial charge in [0.15, 0.2) is 0 Å². The fourth-order valence-corrected chi connectivity index (χ4v) is 1.44. The smallest absolute Gasteiger partial charge is 0.137 e. The molecule has 84 valence electrons. The van der Waals surface area contributed by atoms with Gasteiger partial charge in [-0.15, -0.1) is 11.8 Å². The number of nitrogens with zero attached hydrogens (tertiary/aromatic N) is 3. The summed E-state index contributed by atoms with van der Waals surface area (Å²) >= 11 is 7.44. The molecule has 4 nitrogen and oxygen atoms in total. The van der Waals surface area contributed by atoms with Crippen LogP contribution in [0.1, 0.15) is 5.69 Å². The molecule has 0 aliphatic heterocycles. The fraction of sp³-hybridized carbons (Fsp3) is 0.100. The third-order valence-electron chi connectivity index (χ3n) is 1.68. The van der Waals surface area contributed by atoms with Gasteiger partial charge in [0.1, 0.15) is 11.5 Å². The van der Waals surface area contributed by atoms with E-state index in [1.807, 2.05) is 6.26 Å². The van der Waals surface area contributed by atoms with E-state index < -0.39 is 0 Å². The summed E-state index contributed by atoms with van der Waals surface area (Å²) in [5.74, 6) is 0. The van der Waals surface area contributed by atoms with E-state index in [2.05, 4.69) is 21.5 Å². The first-order valence-corrected chi connectivity index (χ1v) is 5.95. The lowest BCUT2D eigenvalue weighted by Gasteiger charge is -2.03. The Balaban J connectivity index is 2.96. The zero-order chi connectivity index (χ0) is 12.0. The zero-order valence-corrected chi connectivity index (χ0v) is 10.3. The van der Waals surface area contributed by atoms with Gasteiger partial charge < -0.3 is 5.73 Å². The Morgan fingerprint density at radius 3 is 3.00 bits per heavy atom. The number of hydrogen-bond acceptors (Lipinski definition) is 5. The normalized spacial score (nSPS) is 12.0. The van der Waals surface area contributed by atoms with E-state index in [-0.39, 0.29) is 5.17 Å². The molecule has 0 aliphatic rings. The fourth-order valence-electron chi connectivity index (χ4n) is 0.908. The third-order valence-corrected chi connectivity index (χ3v) is 2.65. The van der Waals surface area contributed by atoms with Crippen LogP contribution in [0.25, 0.3) is 5.57 Å². The zero-order valence-electron chi connectivity index (χ0n) is 8.72. The first kappa shape index (κ1) is 12.7. The SMILES string of the molecule is C=C(C(Cl)=N/C=C\N)c1cc(SC)ncn1. The lowest BCUT2D eigenvalue weighted by Crippen LogP contribution is -1.96. The van der Waals surface area contributed by atoms with Crippen LogP contribution < -0.4 is 5.73 Å². The van der Waals surface area contributed by atoms with Crippen LogP contribution in [0, 0.1) is 0 Å². The van der Waals surface area contributed by atoms with Gasteiger partial charge in [0.25, 0.3) is 0 Å². The molecule has 2 N–H and O–H groups in total. The summed E-state index contributed by atoms with van der Waals surface area (Å²) < 4.78 is 0. The molecule has 16 heavy (non-hydrogen) atoms. The van der Waals surface area contributed by atoms with Crippen LogP contribution in [0.4, 0.5) is 0 Å². The van der Waals surface area contributed by atoms with Gasteiger partial charge >= 0.3 is 0 Å². The van der Waals surface area contributed by atoms with Crippen molar-refractivity contribution in [3.63, 3.8) is 0 Å². The molecule has 0 unspecified atom stereocenters. The topological polar surface area (TPSA) is 64.2 Å². The van der Waals surface area contributed by atoms with Gasteiger partial charge in [0.2, 0.25) is 0 Å². The number of nitrogens with two attached hydrogens (primary N) is 1. The van der Waals surface area contributed by atoms with Gasteiger partial charge in [-0.25, -0.2) is 15.0 Å². The minimum atomic E-state index is 0.257. The summed E-state index contributed by atoms with van der Waals surface area (Å²) in [6.07, 6.45) is 6.09. The minimum Gasteiger partial charge on any atom is -0.403 e. The molecule has 6 heteroatoms. The molecule has 1 aromatic heterocycles. The van der Waals surface area contributed by atoms with Crippen LogP contribution in [0.2, 0.25) is 0 Å². The molecular formula is C10H11ClN4S. The Bertz CT molecular complexity index is 442. The second kappa shape index (κ2) is 6.30. The maximum Gasteiger partial charge on any atom is 0.137 e. The minimum absolute atomic E-state index is 0.257. The number of hydrogen-bond donors (Lipinski definition) is 1. The number of allylic oxidation sites excluding steroid dienone is 1. The summed E-state index contributed by atoms with van der Waals surface area (Å²) in [5.41, 5.74) is 6.35. The van der Waals surface area contributed by atoms with Crippen LogP contribution in [-0.2, 0) is 0 Å². The van der Waals surface area contributed by atoms with Crippen molar-refractivity contribution in [2.24, 2.45) is 10.7 Å². The molecule has 0 aliphatic carbocycles. The average Bonchev–Trinajstić information content (AvgIpc) is 2.35. The molecule has 0 bridgehead atoms. The Morgan fingerprint density at radius 2 is 2.38 bits per heavy atom. The van der Waals surface area contributed by atoms with Crippen LogP contribution in [0.5, 0.6) is 0 Å². The van der Waals surface area contributed by atoms with E-state index in [0.29, 0.717) is 11.3 Å². The van der Waals surface area contributed by atoms with E-state index >= 15 is 0 Å². The summed E-state index contributed by atoms with van der Waals surface area (Å²) in [5, 5.41) is 1.11. The monoisotopic (exact) mass is 254 g/mol. The molecule has 0 fully saturated rings. The van der Waals surface area contributed by atoms with Gasteiger partial charge in [-0.3, -0.25) is 0 Å². The number of thioether (sulfide) groups is 1. The lowest BCUT2D eigenvalue weighted by molar-refractivity contribution is 1.04. The molecule has 1 rings (SSSR count). The maximum absolute atomic E-state index is 5.92. The van der Waals surface area contributed by atoms with E-state index in [4.69, 9.17) is 17.3 Å². The van der Waals surface area contributed by atoms with Crippen LogP contribution >= 0.6 is 23.4 Å². The van der Waals surface area contributed by atoms with Gasteiger partial charge in [-0.1, -0.05) is 18.2 Å². The Kier molecular flexibility index (Phi) is 5.01. The summed E-state index contributed by atoms with van der Waals surface area (Å²) in [6.45, 7) is 3.82. The van der Waals surface area contributed by atoms with Crippen LogP contribution in [-0.4, -0.2) is 21.4 Å². The lowest BCUT2D eigenvalue weighted by atomic mass is 10.2. The van der Waals surface area contributed by atoms with Gasteiger partial charge in [0, 0.05) is 18.0 Å². The number of halogens is 1. The van der Waals surface area contributed by atoms with Crippen molar-refractivity contribution in [2.45, 2.75) is 5.03 Å². The average molecular weight is 255 g/mol. The first-order valence-electron chi connectivity index (χ1n) is 4.34. The molecule has 0 aromatic carbocycles. The molecule has 0 saturated heterocycles. The Morgan fingerprint density at radius 1 is 1.62 bits per heavy atom. The third kappa shape index (κ3) is 3.36. The van der Waals surface area contributed by atoms with Crippen LogP contribution in [0.15, 0.2) is 41.4 Å². The first-order chi connectivity index (χ1) is 7.69. The number of rotatable bonds is 4. The van der Waals surface area contributed by atoms with Crippen molar-refractivity contribution in [3.8, 4) is 0 Å². The predicted octanol–water partition coefficient (Wildman–Crippen LogP) is 2.28. The van der Waals surface area contributed by atoms with Crippen molar-refractivity contribution >= 4 is 34.1 Å². The van der Waals surface area contributed by atoms with Crippen molar-refractivity contribution < 1.29 is 0 Å². The summed E-state index contributed by atoms with van der Waals surface area (Å²) in [6, 6.07) is 1.80. The molecular weight excluding hydrogens is 244 g/mol. The molecule has 0 amide bonds. The van der Waals surface area contributed by atoms with Gasteiger partial charge in [-0.05, 0) is 12.3 Å². The number of aromatic nitrogens is 2. The van der Waals surface area contributed by atoms with E-state index in [1.165, 1.54) is 30.5 Å². The highest BCUT2D eigenvalue weighted by Gasteiger charge is 2.06. The van der Waals surface area contributed by atoms with Crippen molar-refractivity contribution in [2.75, 3.05) is 6.26 Å². The second-order valence-corrected chi connectivity index (χ2v) is 3.87. The van der Waals surface area contributed by atoms with E-state index in [9.17, 15) is 0 Å². The molecule has 1 heterocycles. The quantitative estimate of drug-likeness (QED) is 0.509. The standard InChI is InChI=1S/C10H11ClN4S/c1-7(10(11)13-4-3-12)8-5-9(16-2)15-6-14-8/h3-6H,1,12H2,2H3/b4-3-,13-10?. The summed E-state index contributed by atoms with van der Waals surface area (Å²) in [7, 11) is 0. The Hall–Kier alpha value is -1.33. The number of aliphatic imine (C=N–C) groups is 1. The van der Waals surface area contributed by atoms with Crippen molar-refractivity contribution in [1.29, 1.82) is 0 Å². The molecule has 0 saturated carbocycles.